The Morgan fingerprint density at radius 3 is 2.37 bits per heavy atom. The molecule has 0 radical (unpaired) electrons. The van der Waals surface area contributed by atoms with Gasteiger partial charge in [-0.05, 0) is 29.7 Å². The molecule has 1 saturated heterocycles. The van der Waals surface area contributed by atoms with Gasteiger partial charge in [0.2, 0.25) is 5.91 Å². The Balaban J connectivity index is 1.73. The van der Waals surface area contributed by atoms with Crippen molar-refractivity contribution in [2.75, 3.05) is 31.5 Å². The number of pyridine rings is 1. The molecule has 6 heteroatoms. The number of anilines is 2. The summed E-state index contributed by atoms with van der Waals surface area (Å²) in [6.45, 7) is 8.08. The van der Waals surface area contributed by atoms with Crippen molar-refractivity contribution in [1.82, 2.24) is 14.8 Å². The molecular weight excluding hydrogens is 340 g/mol. The average Bonchev–Trinajstić information content (AvgIpc) is 2.68. The Morgan fingerprint density at radius 2 is 1.70 bits per heavy atom. The van der Waals surface area contributed by atoms with Crippen LogP contribution in [-0.2, 0) is 4.79 Å². The fourth-order valence-corrected chi connectivity index (χ4v) is 3.28. The van der Waals surface area contributed by atoms with E-state index in [0.717, 1.165) is 11.4 Å². The lowest BCUT2D eigenvalue weighted by molar-refractivity contribution is -0.130. The zero-order valence-electron chi connectivity index (χ0n) is 16.1. The van der Waals surface area contributed by atoms with Crippen LogP contribution in [-0.4, -0.2) is 52.8 Å². The van der Waals surface area contributed by atoms with Gasteiger partial charge >= 0.3 is 0 Å². The quantitative estimate of drug-likeness (QED) is 0.902. The van der Waals surface area contributed by atoms with E-state index in [-0.39, 0.29) is 11.8 Å². The summed E-state index contributed by atoms with van der Waals surface area (Å²) in [5.41, 5.74) is 3.51. The summed E-state index contributed by atoms with van der Waals surface area (Å²) < 4.78 is 0. The number of carbonyl (C=O) groups is 2. The molecule has 1 aromatic heterocycles. The summed E-state index contributed by atoms with van der Waals surface area (Å²) in [4.78, 5) is 32.0. The number of nitrogens with zero attached hydrogens (tertiary/aromatic N) is 3. The van der Waals surface area contributed by atoms with Crippen LogP contribution in [0.3, 0.4) is 0 Å². The zero-order valence-corrected chi connectivity index (χ0v) is 16.1. The van der Waals surface area contributed by atoms with Crippen LogP contribution in [0.25, 0.3) is 0 Å². The molecule has 0 saturated carbocycles. The first-order chi connectivity index (χ1) is 13.0. The number of hydrogen-bond acceptors (Lipinski definition) is 4. The molecule has 6 nitrogen and oxygen atoms in total. The minimum Gasteiger partial charge on any atom is -0.355 e. The van der Waals surface area contributed by atoms with E-state index in [1.807, 2.05) is 24.3 Å². The molecule has 0 aliphatic carbocycles. The minimum atomic E-state index is -0.0982. The van der Waals surface area contributed by atoms with E-state index in [9.17, 15) is 9.59 Å². The van der Waals surface area contributed by atoms with Gasteiger partial charge in [-0.3, -0.25) is 14.6 Å². The first-order valence-corrected chi connectivity index (χ1v) is 9.32. The summed E-state index contributed by atoms with van der Waals surface area (Å²) in [6, 6.07) is 11.8. The average molecular weight is 366 g/mol. The molecule has 3 rings (SSSR count). The highest BCUT2D eigenvalue weighted by atomic mass is 16.2. The molecular formula is C21H26N4O2. The van der Waals surface area contributed by atoms with Crippen molar-refractivity contribution in [2.24, 2.45) is 0 Å². The highest BCUT2D eigenvalue weighted by Crippen LogP contribution is 2.27. The second kappa shape index (κ2) is 8.20. The van der Waals surface area contributed by atoms with Crippen LogP contribution < -0.4 is 5.32 Å². The van der Waals surface area contributed by atoms with Gasteiger partial charge in [-0.25, -0.2) is 0 Å². The lowest BCUT2D eigenvalue weighted by atomic mass is 10.0. The molecule has 0 atom stereocenters. The van der Waals surface area contributed by atoms with E-state index in [2.05, 4.69) is 30.2 Å². The smallest absolute Gasteiger partial charge is 0.272 e. The predicted molar refractivity (Wildman–Crippen MR) is 106 cm³/mol. The topological polar surface area (TPSA) is 65.5 Å². The summed E-state index contributed by atoms with van der Waals surface area (Å²) >= 11 is 0. The first-order valence-electron chi connectivity index (χ1n) is 9.32. The third-order valence-corrected chi connectivity index (χ3v) is 4.85. The van der Waals surface area contributed by atoms with E-state index >= 15 is 0 Å². The SMILES string of the molecule is CC(=O)N1CCN(C(=O)c2cc(Nc3ccccc3C(C)C)ccn2)CC1. The van der Waals surface area contributed by atoms with Crippen LogP contribution in [0.2, 0.25) is 0 Å². The molecule has 1 aromatic carbocycles. The molecule has 1 aliphatic rings. The van der Waals surface area contributed by atoms with Gasteiger partial charge in [-0.1, -0.05) is 32.0 Å². The molecule has 0 unspecified atom stereocenters. The number of hydrogen-bond donors (Lipinski definition) is 1. The van der Waals surface area contributed by atoms with Gasteiger partial charge in [-0.15, -0.1) is 0 Å². The van der Waals surface area contributed by atoms with Gasteiger partial charge in [0.1, 0.15) is 5.69 Å². The van der Waals surface area contributed by atoms with Gasteiger partial charge in [0.25, 0.3) is 5.91 Å². The fraction of sp³-hybridized carbons (Fsp3) is 0.381. The third-order valence-electron chi connectivity index (χ3n) is 4.85. The lowest BCUT2D eigenvalue weighted by Gasteiger charge is -2.34. The Hall–Kier alpha value is -2.89. The highest BCUT2D eigenvalue weighted by Gasteiger charge is 2.24. The normalized spacial score (nSPS) is 14.4. The van der Waals surface area contributed by atoms with Crippen molar-refractivity contribution in [3.05, 3.63) is 53.9 Å². The highest BCUT2D eigenvalue weighted by molar-refractivity contribution is 5.93. The van der Waals surface area contributed by atoms with Crippen LogP contribution in [0.15, 0.2) is 42.6 Å². The van der Waals surface area contributed by atoms with E-state index < -0.39 is 0 Å². The van der Waals surface area contributed by atoms with Crippen LogP contribution >= 0.6 is 0 Å². The fourth-order valence-electron chi connectivity index (χ4n) is 3.28. The maximum atomic E-state index is 12.8. The number of carbonyl (C=O) groups excluding carboxylic acids is 2. The Morgan fingerprint density at radius 1 is 1.04 bits per heavy atom. The van der Waals surface area contributed by atoms with Crippen molar-refractivity contribution in [1.29, 1.82) is 0 Å². The second-order valence-electron chi connectivity index (χ2n) is 7.09. The Kier molecular flexibility index (Phi) is 5.74. The maximum absolute atomic E-state index is 12.8. The van der Waals surface area contributed by atoms with Crippen molar-refractivity contribution in [3.63, 3.8) is 0 Å². The standard InChI is InChI=1S/C21H26N4O2/c1-15(2)18-6-4-5-7-19(18)23-17-8-9-22-20(14-17)21(27)25-12-10-24(11-13-25)16(3)26/h4-9,14-15H,10-13H2,1-3H3,(H,22,23). The molecule has 0 bridgehead atoms. The van der Waals surface area contributed by atoms with Crippen molar-refractivity contribution < 1.29 is 9.59 Å². The Bertz CT molecular complexity index is 826. The molecule has 0 spiro atoms. The molecule has 27 heavy (non-hydrogen) atoms. The van der Waals surface area contributed by atoms with E-state index in [0.29, 0.717) is 37.8 Å². The van der Waals surface area contributed by atoms with Crippen molar-refractivity contribution >= 4 is 23.2 Å². The molecule has 2 heterocycles. The number of benzene rings is 1. The van der Waals surface area contributed by atoms with E-state index in [4.69, 9.17) is 0 Å². The molecule has 1 aliphatic heterocycles. The summed E-state index contributed by atoms with van der Waals surface area (Å²) in [5, 5.41) is 3.41. The largest absolute Gasteiger partial charge is 0.355 e. The number of nitrogens with one attached hydrogen (secondary N) is 1. The summed E-state index contributed by atoms with van der Waals surface area (Å²) in [5.74, 6) is 0.350. The Labute approximate surface area is 160 Å². The van der Waals surface area contributed by atoms with Gasteiger partial charge in [0.05, 0.1) is 0 Å². The second-order valence-corrected chi connectivity index (χ2v) is 7.09. The van der Waals surface area contributed by atoms with Crippen LogP contribution in [0.5, 0.6) is 0 Å². The number of aromatic nitrogens is 1. The van der Waals surface area contributed by atoms with Crippen LogP contribution in [0, 0.1) is 0 Å². The van der Waals surface area contributed by atoms with Gasteiger partial charge in [0, 0.05) is 50.7 Å². The van der Waals surface area contributed by atoms with E-state index in [1.54, 1.807) is 29.0 Å². The van der Waals surface area contributed by atoms with Crippen molar-refractivity contribution in [3.8, 4) is 0 Å². The summed E-state index contributed by atoms with van der Waals surface area (Å²) in [6.07, 6.45) is 1.65. The van der Waals surface area contributed by atoms with Crippen molar-refractivity contribution in [2.45, 2.75) is 26.7 Å². The van der Waals surface area contributed by atoms with Gasteiger partial charge in [0.15, 0.2) is 0 Å². The summed E-state index contributed by atoms with van der Waals surface area (Å²) in [7, 11) is 0. The number of piperazine rings is 1. The van der Waals surface area contributed by atoms with Crippen LogP contribution in [0.4, 0.5) is 11.4 Å². The maximum Gasteiger partial charge on any atom is 0.272 e. The predicted octanol–water partition coefficient (Wildman–Crippen LogP) is 3.25. The minimum absolute atomic E-state index is 0.0511. The molecule has 2 aromatic rings. The number of para-hydroxylation sites is 1. The molecule has 2 amide bonds. The number of rotatable bonds is 4. The third kappa shape index (κ3) is 4.45. The van der Waals surface area contributed by atoms with Gasteiger partial charge < -0.3 is 15.1 Å². The zero-order chi connectivity index (χ0) is 19.4. The van der Waals surface area contributed by atoms with E-state index in [1.165, 1.54) is 5.56 Å². The van der Waals surface area contributed by atoms with Crippen LogP contribution in [0.1, 0.15) is 42.7 Å². The monoisotopic (exact) mass is 366 g/mol. The molecule has 142 valence electrons. The molecule has 1 N–H and O–H groups in total. The first kappa shape index (κ1) is 18.9. The molecule has 1 fully saturated rings. The van der Waals surface area contributed by atoms with Gasteiger partial charge in [-0.2, -0.15) is 0 Å². The lowest BCUT2D eigenvalue weighted by Crippen LogP contribution is -2.50. The number of amides is 2.